The average molecular weight is 423 g/mol. The molecular weight excluding hydrogens is 400 g/mol. The number of benzene rings is 3. The lowest BCUT2D eigenvalue weighted by atomic mass is 10.2. The molecule has 29 heavy (non-hydrogen) atoms. The minimum Gasteiger partial charge on any atom is -0.368 e. The van der Waals surface area contributed by atoms with Crippen LogP contribution in [0.1, 0.15) is 0 Å². The van der Waals surface area contributed by atoms with E-state index in [0.29, 0.717) is 0 Å². The SMILES string of the molecule is S=C(Nc1ccc(Nc2ccccc2)cc1)N1CCN(c2cccc(Cl)c2)CC1. The van der Waals surface area contributed by atoms with Gasteiger partial charge in [0.1, 0.15) is 0 Å². The molecule has 1 aliphatic heterocycles. The first-order valence-corrected chi connectivity index (χ1v) is 10.4. The second kappa shape index (κ2) is 9.16. The Morgan fingerprint density at radius 2 is 1.41 bits per heavy atom. The molecule has 4 nitrogen and oxygen atoms in total. The zero-order valence-electron chi connectivity index (χ0n) is 16.0. The molecule has 3 aromatic rings. The van der Waals surface area contributed by atoms with Crippen molar-refractivity contribution in [1.29, 1.82) is 0 Å². The molecule has 4 rings (SSSR count). The van der Waals surface area contributed by atoms with Gasteiger partial charge in [-0.3, -0.25) is 0 Å². The van der Waals surface area contributed by atoms with Crippen molar-refractivity contribution >= 4 is 51.7 Å². The summed E-state index contributed by atoms with van der Waals surface area (Å²) in [5, 5.41) is 8.28. The molecule has 1 aliphatic rings. The number of anilines is 4. The van der Waals surface area contributed by atoms with Crippen molar-refractivity contribution < 1.29 is 0 Å². The molecular formula is C23H23ClN4S. The van der Waals surface area contributed by atoms with Gasteiger partial charge in [-0.15, -0.1) is 0 Å². The number of nitrogens with one attached hydrogen (secondary N) is 2. The fraction of sp³-hybridized carbons (Fsp3) is 0.174. The number of thiocarbonyl (C=S) groups is 1. The molecule has 2 N–H and O–H groups in total. The summed E-state index contributed by atoms with van der Waals surface area (Å²) >= 11 is 11.7. The lowest BCUT2D eigenvalue weighted by Crippen LogP contribution is -2.50. The molecule has 0 radical (unpaired) electrons. The molecule has 148 valence electrons. The van der Waals surface area contributed by atoms with E-state index < -0.39 is 0 Å². The summed E-state index contributed by atoms with van der Waals surface area (Å²) in [7, 11) is 0. The highest BCUT2D eigenvalue weighted by molar-refractivity contribution is 7.80. The molecule has 3 aromatic carbocycles. The number of rotatable bonds is 4. The maximum Gasteiger partial charge on any atom is 0.173 e. The van der Waals surface area contributed by atoms with Crippen LogP contribution in [0.15, 0.2) is 78.9 Å². The Labute approximate surface area is 182 Å². The van der Waals surface area contributed by atoms with Crippen LogP contribution >= 0.6 is 23.8 Å². The summed E-state index contributed by atoms with van der Waals surface area (Å²) in [5.74, 6) is 0. The number of halogens is 1. The zero-order chi connectivity index (χ0) is 20.1. The summed E-state index contributed by atoms with van der Waals surface area (Å²) < 4.78 is 0. The van der Waals surface area contributed by atoms with E-state index in [1.807, 2.05) is 60.7 Å². The van der Waals surface area contributed by atoms with Crippen LogP contribution in [0.5, 0.6) is 0 Å². The lowest BCUT2D eigenvalue weighted by molar-refractivity contribution is 0.391. The number of nitrogens with zero attached hydrogens (tertiary/aromatic N) is 2. The summed E-state index contributed by atoms with van der Waals surface area (Å²) in [6.07, 6.45) is 0. The van der Waals surface area contributed by atoms with Gasteiger partial charge in [0.25, 0.3) is 0 Å². The van der Waals surface area contributed by atoms with E-state index in [1.54, 1.807) is 0 Å². The van der Waals surface area contributed by atoms with E-state index in [9.17, 15) is 0 Å². The summed E-state index contributed by atoms with van der Waals surface area (Å²) in [6.45, 7) is 3.60. The van der Waals surface area contributed by atoms with Crippen LogP contribution in [0.4, 0.5) is 22.7 Å². The molecule has 1 saturated heterocycles. The van der Waals surface area contributed by atoms with Crippen LogP contribution in [0.25, 0.3) is 0 Å². The van der Waals surface area contributed by atoms with Crippen molar-refractivity contribution in [2.24, 2.45) is 0 Å². The van der Waals surface area contributed by atoms with E-state index in [1.165, 1.54) is 0 Å². The molecule has 0 spiro atoms. The van der Waals surface area contributed by atoms with Crippen LogP contribution in [-0.4, -0.2) is 36.2 Å². The van der Waals surface area contributed by atoms with Crippen LogP contribution in [-0.2, 0) is 0 Å². The van der Waals surface area contributed by atoms with Gasteiger partial charge in [-0.1, -0.05) is 35.9 Å². The van der Waals surface area contributed by atoms with Gasteiger partial charge in [0.05, 0.1) is 0 Å². The maximum absolute atomic E-state index is 6.12. The summed E-state index contributed by atoms with van der Waals surface area (Å²) in [5.41, 5.74) is 4.27. The predicted molar refractivity (Wildman–Crippen MR) is 128 cm³/mol. The van der Waals surface area contributed by atoms with Gasteiger partial charge < -0.3 is 20.4 Å². The minimum atomic E-state index is 0.763. The minimum absolute atomic E-state index is 0.763. The third-order valence-electron chi connectivity index (χ3n) is 4.94. The van der Waals surface area contributed by atoms with Crippen molar-refractivity contribution in [1.82, 2.24) is 4.90 Å². The van der Waals surface area contributed by atoms with Crippen LogP contribution in [0.2, 0.25) is 5.02 Å². The van der Waals surface area contributed by atoms with Crippen molar-refractivity contribution in [2.75, 3.05) is 41.7 Å². The van der Waals surface area contributed by atoms with Crippen molar-refractivity contribution in [3.05, 3.63) is 83.9 Å². The van der Waals surface area contributed by atoms with Crippen LogP contribution in [0.3, 0.4) is 0 Å². The van der Waals surface area contributed by atoms with E-state index in [0.717, 1.165) is 59.1 Å². The van der Waals surface area contributed by atoms with E-state index in [4.69, 9.17) is 23.8 Å². The number of hydrogen-bond acceptors (Lipinski definition) is 3. The summed E-state index contributed by atoms with van der Waals surface area (Å²) in [4.78, 5) is 4.56. The Kier molecular flexibility index (Phi) is 6.17. The monoisotopic (exact) mass is 422 g/mol. The lowest BCUT2D eigenvalue weighted by Gasteiger charge is -2.37. The largest absolute Gasteiger partial charge is 0.368 e. The van der Waals surface area contributed by atoms with Crippen molar-refractivity contribution in [3.63, 3.8) is 0 Å². The second-order valence-corrected chi connectivity index (χ2v) is 7.78. The second-order valence-electron chi connectivity index (χ2n) is 6.95. The highest BCUT2D eigenvalue weighted by Gasteiger charge is 2.19. The first kappa shape index (κ1) is 19.6. The molecule has 0 aromatic heterocycles. The van der Waals surface area contributed by atoms with Gasteiger partial charge in [0.15, 0.2) is 5.11 Å². The van der Waals surface area contributed by atoms with Crippen LogP contribution in [0, 0.1) is 0 Å². The highest BCUT2D eigenvalue weighted by Crippen LogP contribution is 2.22. The standard InChI is InChI=1S/C23H23ClN4S/c24-18-5-4-8-22(17-18)27-13-15-28(16-14-27)23(29)26-21-11-9-20(10-12-21)25-19-6-2-1-3-7-19/h1-12,17,25H,13-16H2,(H,26,29). The van der Waals surface area contributed by atoms with Gasteiger partial charge >= 0.3 is 0 Å². The Hall–Kier alpha value is -2.76. The molecule has 0 unspecified atom stereocenters. The van der Waals surface area contributed by atoms with Gasteiger partial charge in [-0.25, -0.2) is 0 Å². The Morgan fingerprint density at radius 1 is 0.759 bits per heavy atom. The molecule has 0 amide bonds. The normalized spacial score (nSPS) is 13.8. The molecule has 0 atom stereocenters. The Morgan fingerprint density at radius 3 is 2.10 bits per heavy atom. The molecule has 0 bridgehead atoms. The fourth-order valence-corrected chi connectivity index (χ4v) is 3.85. The average Bonchev–Trinajstić information content (AvgIpc) is 2.76. The molecule has 1 heterocycles. The topological polar surface area (TPSA) is 30.5 Å². The predicted octanol–water partition coefficient (Wildman–Crippen LogP) is 5.60. The van der Waals surface area contributed by atoms with E-state index in [2.05, 4.69) is 38.6 Å². The Balaban J connectivity index is 1.29. The maximum atomic E-state index is 6.12. The van der Waals surface area contributed by atoms with Crippen LogP contribution < -0.4 is 15.5 Å². The fourth-order valence-electron chi connectivity index (χ4n) is 3.37. The number of hydrogen-bond donors (Lipinski definition) is 2. The molecule has 6 heteroatoms. The van der Waals surface area contributed by atoms with Gasteiger partial charge in [0.2, 0.25) is 0 Å². The van der Waals surface area contributed by atoms with E-state index >= 15 is 0 Å². The molecule has 0 aliphatic carbocycles. The van der Waals surface area contributed by atoms with Gasteiger partial charge in [0, 0.05) is 54.0 Å². The molecule has 0 saturated carbocycles. The third kappa shape index (κ3) is 5.19. The van der Waals surface area contributed by atoms with Gasteiger partial charge in [-0.2, -0.15) is 0 Å². The van der Waals surface area contributed by atoms with E-state index in [-0.39, 0.29) is 0 Å². The highest BCUT2D eigenvalue weighted by atomic mass is 35.5. The number of piperazine rings is 1. The third-order valence-corrected chi connectivity index (χ3v) is 5.53. The van der Waals surface area contributed by atoms with Gasteiger partial charge in [-0.05, 0) is 66.8 Å². The summed E-state index contributed by atoms with van der Waals surface area (Å²) in [6, 6.07) is 26.3. The smallest absolute Gasteiger partial charge is 0.173 e. The quantitative estimate of drug-likeness (QED) is 0.534. The molecule has 1 fully saturated rings. The first-order valence-electron chi connectivity index (χ1n) is 9.66. The zero-order valence-corrected chi connectivity index (χ0v) is 17.6. The first-order chi connectivity index (χ1) is 14.2. The number of para-hydroxylation sites is 1. The Bertz CT molecular complexity index is 954. The van der Waals surface area contributed by atoms with Crippen molar-refractivity contribution in [2.45, 2.75) is 0 Å². The van der Waals surface area contributed by atoms with Crippen molar-refractivity contribution in [3.8, 4) is 0 Å².